The first-order valence-corrected chi connectivity index (χ1v) is 5.83. The molecule has 0 aliphatic rings. The van der Waals surface area contributed by atoms with E-state index in [-0.39, 0.29) is 11.6 Å². The quantitative estimate of drug-likeness (QED) is 0.923. The van der Waals surface area contributed by atoms with Gasteiger partial charge in [-0.2, -0.15) is 0 Å². The summed E-state index contributed by atoms with van der Waals surface area (Å²) in [7, 11) is 0. The van der Waals surface area contributed by atoms with Crippen LogP contribution in [0.1, 0.15) is 22.8 Å². The molecule has 0 saturated carbocycles. The second-order valence-corrected chi connectivity index (χ2v) is 4.34. The van der Waals surface area contributed by atoms with E-state index < -0.39 is 17.5 Å². The molecule has 0 saturated heterocycles. The fraction of sp³-hybridized carbons (Fsp3) is 0.214. The number of benzene rings is 1. The van der Waals surface area contributed by atoms with Crippen molar-refractivity contribution in [2.24, 2.45) is 0 Å². The first-order chi connectivity index (χ1) is 9.06. The second-order valence-electron chi connectivity index (χ2n) is 4.34. The molecule has 0 spiro atoms. The van der Waals surface area contributed by atoms with Gasteiger partial charge in [0.1, 0.15) is 0 Å². The summed E-state index contributed by atoms with van der Waals surface area (Å²) in [6, 6.07) is 4.73. The Hall–Kier alpha value is -2.17. The maximum Gasteiger partial charge on any atom is 0.251 e. The number of carbonyl (C=O) groups excluding carboxylic acids is 1. The Bertz CT molecular complexity index is 567. The van der Waals surface area contributed by atoms with E-state index in [4.69, 9.17) is 4.42 Å². The van der Waals surface area contributed by atoms with Gasteiger partial charge in [-0.15, -0.1) is 0 Å². The highest BCUT2D eigenvalue weighted by Gasteiger charge is 2.13. The molecule has 3 nitrogen and oxygen atoms in total. The van der Waals surface area contributed by atoms with Crippen LogP contribution in [0, 0.1) is 11.6 Å². The highest BCUT2D eigenvalue weighted by molar-refractivity contribution is 5.94. The lowest BCUT2D eigenvalue weighted by Crippen LogP contribution is -2.34. The number of carbonyl (C=O) groups is 1. The van der Waals surface area contributed by atoms with Gasteiger partial charge >= 0.3 is 0 Å². The lowest BCUT2D eigenvalue weighted by atomic mass is 10.1. The van der Waals surface area contributed by atoms with Gasteiger partial charge in [-0.05, 0) is 43.2 Å². The van der Waals surface area contributed by atoms with Crippen LogP contribution in [-0.4, -0.2) is 11.9 Å². The number of hydrogen-bond acceptors (Lipinski definition) is 2. The Kier molecular flexibility index (Phi) is 3.94. The van der Waals surface area contributed by atoms with Gasteiger partial charge in [-0.25, -0.2) is 8.78 Å². The van der Waals surface area contributed by atoms with Crippen molar-refractivity contribution in [2.45, 2.75) is 19.4 Å². The maximum atomic E-state index is 13.0. The molecule has 1 N–H and O–H groups in total. The number of nitrogens with one attached hydrogen (secondary N) is 1. The number of halogens is 2. The summed E-state index contributed by atoms with van der Waals surface area (Å²) in [5.41, 5.74) is 1.05. The molecule has 2 rings (SSSR count). The molecule has 0 aliphatic carbocycles. The molecule has 1 amide bonds. The third-order valence-electron chi connectivity index (χ3n) is 2.68. The largest absolute Gasteiger partial charge is 0.472 e. The van der Waals surface area contributed by atoms with Crippen molar-refractivity contribution in [3.8, 4) is 0 Å². The van der Waals surface area contributed by atoms with Crippen molar-refractivity contribution in [1.82, 2.24) is 5.32 Å². The molecule has 0 aliphatic heterocycles. The minimum atomic E-state index is -1.03. The topological polar surface area (TPSA) is 42.2 Å². The molecule has 1 aromatic heterocycles. The van der Waals surface area contributed by atoms with Gasteiger partial charge in [-0.1, -0.05) is 0 Å². The molecule has 0 fully saturated rings. The third-order valence-corrected chi connectivity index (χ3v) is 2.68. The summed E-state index contributed by atoms with van der Waals surface area (Å²) in [6.45, 7) is 1.82. The minimum Gasteiger partial charge on any atom is -0.472 e. The molecule has 1 aromatic carbocycles. The highest BCUT2D eigenvalue weighted by atomic mass is 19.2. The van der Waals surface area contributed by atoms with Crippen LogP contribution in [0.3, 0.4) is 0 Å². The summed E-state index contributed by atoms with van der Waals surface area (Å²) < 4.78 is 30.7. The monoisotopic (exact) mass is 265 g/mol. The highest BCUT2D eigenvalue weighted by Crippen LogP contribution is 2.09. The summed E-state index contributed by atoms with van der Waals surface area (Å²) >= 11 is 0. The average Bonchev–Trinajstić information content (AvgIpc) is 2.85. The molecule has 1 unspecified atom stereocenters. The number of amides is 1. The van der Waals surface area contributed by atoms with Crippen molar-refractivity contribution < 1.29 is 18.0 Å². The van der Waals surface area contributed by atoms with Crippen LogP contribution in [0.15, 0.2) is 41.2 Å². The molecule has 1 heterocycles. The van der Waals surface area contributed by atoms with Crippen LogP contribution in [0.5, 0.6) is 0 Å². The number of furan rings is 1. The molecule has 5 heteroatoms. The molecule has 19 heavy (non-hydrogen) atoms. The van der Waals surface area contributed by atoms with Gasteiger partial charge < -0.3 is 9.73 Å². The predicted molar refractivity (Wildman–Crippen MR) is 65.7 cm³/mol. The lowest BCUT2D eigenvalue weighted by Gasteiger charge is -2.13. The Morgan fingerprint density at radius 3 is 2.74 bits per heavy atom. The summed E-state index contributed by atoms with van der Waals surface area (Å²) in [6.07, 6.45) is 3.76. The van der Waals surface area contributed by atoms with Crippen LogP contribution in [0.25, 0.3) is 0 Å². The average molecular weight is 265 g/mol. The Morgan fingerprint density at radius 2 is 2.11 bits per heavy atom. The van der Waals surface area contributed by atoms with Crippen LogP contribution < -0.4 is 5.32 Å². The van der Waals surface area contributed by atoms with E-state index in [9.17, 15) is 13.6 Å². The van der Waals surface area contributed by atoms with Crippen LogP contribution in [0.4, 0.5) is 8.78 Å². The molecular weight excluding hydrogens is 252 g/mol. The zero-order chi connectivity index (χ0) is 13.8. The lowest BCUT2D eigenvalue weighted by molar-refractivity contribution is 0.0939. The SMILES string of the molecule is CC(Cc1ccoc1)NC(=O)c1ccc(F)c(F)c1. The minimum absolute atomic E-state index is 0.0953. The molecule has 1 atom stereocenters. The predicted octanol–water partition coefficient (Wildman–Crippen LogP) is 2.92. The Balaban J connectivity index is 1.98. The third kappa shape index (κ3) is 3.40. The number of hydrogen-bond donors (Lipinski definition) is 1. The van der Waals surface area contributed by atoms with Gasteiger partial charge in [0, 0.05) is 11.6 Å². The van der Waals surface area contributed by atoms with Crippen LogP contribution in [0.2, 0.25) is 0 Å². The van der Waals surface area contributed by atoms with E-state index in [1.165, 1.54) is 6.07 Å². The summed E-state index contributed by atoms with van der Waals surface area (Å²) in [5, 5.41) is 2.71. The maximum absolute atomic E-state index is 13.0. The standard InChI is InChI=1S/C14H13F2NO2/c1-9(6-10-4-5-19-8-10)17-14(18)11-2-3-12(15)13(16)7-11/h2-5,7-9H,6H2,1H3,(H,17,18). The molecule has 2 aromatic rings. The molecule has 100 valence electrons. The second kappa shape index (κ2) is 5.65. The van der Waals surface area contributed by atoms with Crippen molar-refractivity contribution >= 4 is 5.91 Å². The van der Waals surface area contributed by atoms with Crippen molar-refractivity contribution in [3.63, 3.8) is 0 Å². The van der Waals surface area contributed by atoms with E-state index in [1.54, 1.807) is 18.6 Å². The van der Waals surface area contributed by atoms with E-state index >= 15 is 0 Å². The smallest absolute Gasteiger partial charge is 0.251 e. The van der Waals surface area contributed by atoms with Crippen molar-refractivity contribution in [3.05, 3.63) is 59.6 Å². The Labute approximate surface area is 109 Å². The van der Waals surface area contributed by atoms with Gasteiger partial charge in [-0.3, -0.25) is 4.79 Å². The fourth-order valence-electron chi connectivity index (χ4n) is 1.76. The van der Waals surface area contributed by atoms with Gasteiger partial charge in [0.2, 0.25) is 0 Å². The van der Waals surface area contributed by atoms with Crippen molar-refractivity contribution in [1.29, 1.82) is 0 Å². The number of rotatable bonds is 4. The summed E-state index contributed by atoms with van der Waals surface area (Å²) in [5.74, 6) is -2.44. The normalized spacial score (nSPS) is 12.2. The van der Waals surface area contributed by atoms with E-state index in [0.717, 1.165) is 17.7 Å². The molecular formula is C14H13F2NO2. The Morgan fingerprint density at radius 1 is 1.32 bits per heavy atom. The fourth-order valence-corrected chi connectivity index (χ4v) is 1.76. The molecule has 0 bridgehead atoms. The van der Waals surface area contributed by atoms with Crippen LogP contribution >= 0.6 is 0 Å². The zero-order valence-corrected chi connectivity index (χ0v) is 10.3. The van der Waals surface area contributed by atoms with E-state index in [0.29, 0.717) is 6.42 Å². The first kappa shape index (κ1) is 13.3. The van der Waals surface area contributed by atoms with Gasteiger partial charge in [0.05, 0.1) is 12.5 Å². The molecule has 0 radical (unpaired) electrons. The van der Waals surface area contributed by atoms with Crippen LogP contribution in [-0.2, 0) is 6.42 Å². The van der Waals surface area contributed by atoms with Crippen molar-refractivity contribution in [2.75, 3.05) is 0 Å². The van der Waals surface area contributed by atoms with E-state index in [1.807, 2.05) is 6.92 Å². The van der Waals surface area contributed by atoms with Gasteiger partial charge in [0.25, 0.3) is 5.91 Å². The first-order valence-electron chi connectivity index (χ1n) is 5.83. The summed E-state index contributed by atoms with van der Waals surface area (Å²) in [4.78, 5) is 11.8. The zero-order valence-electron chi connectivity index (χ0n) is 10.3. The van der Waals surface area contributed by atoms with Gasteiger partial charge in [0.15, 0.2) is 11.6 Å². The van der Waals surface area contributed by atoms with E-state index in [2.05, 4.69) is 5.32 Å².